The van der Waals surface area contributed by atoms with Crippen molar-refractivity contribution in [2.75, 3.05) is 26.5 Å². The number of nitrogens with one attached hydrogen (secondary N) is 1. The van der Waals surface area contributed by atoms with Crippen LogP contribution in [0.1, 0.15) is 62.4 Å². The molecule has 0 bridgehead atoms. The molecule has 2 heterocycles. The Hall–Kier alpha value is -3.02. The minimum atomic E-state index is -3.72. The van der Waals surface area contributed by atoms with Gasteiger partial charge in [0.05, 0.1) is 29.9 Å². The van der Waals surface area contributed by atoms with Gasteiger partial charge in [-0.3, -0.25) is 9.59 Å². The number of rotatable bonds is 12. The van der Waals surface area contributed by atoms with Crippen LogP contribution in [0, 0.1) is 24.2 Å². The Morgan fingerprint density at radius 1 is 1.24 bits per heavy atom. The van der Waals surface area contributed by atoms with Crippen LogP contribution in [0.2, 0.25) is 0 Å². The van der Waals surface area contributed by atoms with Gasteiger partial charge in [0.2, 0.25) is 15.6 Å². The molecule has 1 amide bonds. The van der Waals surface area contributed by atoms with E-state index < -0.39 is 33.7 Å². The van der Waals surface area contributed by atoms with E-state index in [-0.39, 0.29) is 42.9 Å². The van der Waals surface area contributed by atoms with E-state index in [1.54, 1.807) is 27.8 Å². The number of hydrogen-bond acceptors (Lipinski definition) is 8. The van der Waals surface area contributed by atoms with Gasteiger partial charge in [-0.25, -0.2) is 13.4 Å². The minimum Gasteiger partial charge on any atom is -0.466 e. The second kappa shape index (κ2) is 12.1. The maximum absolute atomic E-state index is 13.1. The standard InChI is InChI=1S/C30H41N3O7S/c1-7-39-29(36)30(3,4)23(34)9-8-16-33(41(6,37)38)26-21(19-14-15-19)17-22-24(27(35)31-5)25(40-28(22)32-26)20-12-10-18(2)11-13-20/h10-13,17,19,21,23,26,34H,7-9,14-16H2,1-6H3,(H,31,35). The third kappa shape index (κ3) is 6.57. The van der Waals surface area contributed by atoms with Crippen molar-refractivity contribution in [2.45, 2.75) is 65.6 Å². The number of carbonyl (C=O) groups excluding carboxylic acids is 2. The highest BCUT2D eigenvalue weighted by Crippen LogP contribution is 2.42. The van der Waals surface area contributed by atoms with Crippen LogP contribution in [0.5, 0.6) is 0 Å². The molecule has 1 aromatic heterocycles. The molecule has 0 radical (unpaired) electrons. The van der Waals surface area contributed by atoms with Crippen molar-refractivity contribution in [3.05, 3.63) is 46.2 Å². The molecule has 2 aromatic rings. The fraction of sp³-hybridized carbons (Fsp3) is 0.567. The molecule has 0 saturated heterocycles. The summed E-state index contributed by atoms with van der Waals surface area (Å²) in [6, 6.07) is 7.63. The maximum Gasteiger partial charge on any atom is 0.314 e. The van der Waals surface area contributed by atoms with Crippen molar-refractivity contribution in [1.29, 1.82) is 0 Å². The number of sulfonamides is 1. The summed E-state index contributed by atoms with van der Waals surface area (Å²) in [6.45, 7) is 7.22. The van der Waals surface area contributed by atoms with Gasteiger partial charge in [-0.05, 0) is 59.3 Å². The van der Waals surface area contributed by atoms with E-state index in [1.165, 1.54) is 4.31 Å². The number of carbonyl (C=O) groups is 2. The predicted octanol–water partition coefficient (Wildman–Crippen LogP) is 2.37. The van der Waals surface area contributed by atoms with Crippen molar-refractivity contribution in [2.24, 2.45) is 22.2 Å². The molecule has 2 N–H and O–H groups in total. The fourth-order valence-electron chi connectivity index (χ4n) is 5.29. The van der Waals surface area contributed by atoms with Crippen molar-refractivity contribution in [3.8, 4) is 11.3 Å². The predicted molar refractivity (Wildman–Crippen MR) is 155 cm³/mol. The second-order valence-corrected chi connectivity index (χ2v) is 13.5. The van der Waals surface area contributed by atoms with Gasteiger partial charge in [0.15, 0.2) is 0 Å². The Kier molecular flexibility index (Phi) is 9.10. The molecule has 1 aliphatic carbocycles. The summed E-state index contributed by atoms with van der Waals surface area (Å²) in [4.78, 5) is 30.2. The van der Waals surface area contributed by atoms with Gasteiger partial charge in [0.25, 0.3) is 5.91 Å². The van der Waals surface area contributed by atoms with E-state index >= 15 is 0 Å². The van der Waals surface area contributed by atoms with Gasteiger partial charge < -0.3 is 19.6 Å². The molecular formula is C30H41N3O7S. The van der Waals surface area contributed by atoms with Crippen LogP contribution in [0.15, 0.2) is 33.7 Å². The maximum atomic E-state index is 13.1. The van der Waals surface area contributed by atoms with Gasteiger partial charge in [0, 0.05) is 30.3 Å². The van der Waals surface area contributed by atoms with Crippen LogP contribution in [-0.4, -0.2) is 68.4 Å². The SMILES string of the molecule is CCOC(=O)C(C)(C)C(O)CCCN(C1N=c2oc(-c3ccc(C)cc3)c(C(=O)NC)c2=CC1C1CC1)S(C)(=O)=O. The number of aliphatic hydroxyl groups is 1. The zero-order chi connectivity index (χ0) is 30.1. The van der Waals surface area contributed by atoms with Crippen molar-refractivity contribution in [3.63, 3.8) is 0 Å². The average molecular weight is 588 g/mol. The number of ether oxygens (including phenoxy) is 1. The van der Waals surface area contributed by atoms with Crippen LogP contribution < -0.4 is 16.1 Å². The number of benzene rings is 1. The Labute approximate surface area is 241 Å². The van der Waals surface area contributed by atoms with Crippen LogP contribution >= 0.6 is 0 Å². The van der Waals surface area contributed by atoms with Crippen LogP contribution in [-0.2, 0) is 19.6 Å². The third-order valence-corrected chi connectivity index (χ3v) is 9.27. The number of amides is 1. The summed E-state index contributed by atoms with van der Waals surface area (Å²) in [5.41, 5.74) is 1.27. The molecule has 10 nitrogen and oxygen atoms in total. The molecule has 1 fully saturated rings. The first-order valence-electron chi connectivity index (χ1n) is 14.1. The number of fused-ring (bicyclic) bond motifs is 1. The molecule has 41 heavy (non-hydrogen) atoms. The zero-order valence-electron chi connectivity index (χ0n) is 24.6. The molecular weight excluding hydrogens is 546 g/mol. The highest BCUT2D eigenvalue weighted by Gasteiger charge is 2.43. The molecule has 2 aliphatic rings. The molecule has 1 aromatic carbocycles. The summed E-state index contributed by atoms with van der Waals surface area (Å²) in [5.74, 6) is -0.433. The summed E-state index contributed by atoms with van der Waals surface area (Å²) >= 11 is 0. The molecule has 3 unspecified atom stereocenters. The van der Waals surface area contributed by atoms with E-state index in [4.69, 9.17) is 14.1 Å². The topological polar surface area (TPSA) is 139 Å². The summed E-state index contributed by atoms with van der Waals surface area (Å²) in [5, 5.41) is 14.0. The second-order valence-electron chi connectivity index (χ2n) is 11.6. The van der Waals surface area contributed by atoms with E-state index in [0.29, 0.717) is 23.0 Å². The van der Waals surface area contributed by atoms with Crippen molar-refractivity contribution < 1.29 is 32.3 Å². The normalized spacial score (nSPS) is 19.6. The first-order valence-corrected chi connectivity index (χ1v) is 16.0. The number of hydrogen-bond donors (Lipinski definition) is 2. The van der Waals surface area contributed by atoms with Crippen LogP contribution in [0.3, 0.4) is 0 Å². The van der Waals surface area contributed by atoms with Crippen LogP contribution in [0.4, 0.5) is 0 Å². The van der Waals surface area contributed by atoms with Crippen LogP contribution in [0.25, 0.3) is 17.4 Å². The van der Waals surface area contributed by atoms with Gasteiger partial charge in [-0.15, -0.1) is 0 Å². The van der Waals surface area contributed by atoms with E-state index in [1.807, 2.05) is 37.3 Å². The quantitative estimate of drug-likeness (QED) is 0.364. The molecule has 4 rings (SSSR count). The monoisotopic (exact) mass is 587 g/mol. The first kappa shape index (κ1) is 30.9. The van der Waals surface area contributed by atoms with Gasteiger partial charge in [-0.2, -0.15) is 4.31 Å². The zero-order valence-corrected chi connectivity index (χ0v) is 25.5. The third-order valence-electron chi connectivity index (χ3n) is 8.02. The number of aryl methyl sites for hydroxylation is 1. The molecule has 3 atom stereocenters. The van der Waals surface area contributed by atoms with Crippen molar-refractivity contribution >= 4 is 28.0 Å². The molecule has 1 saturated carbocycles. The highest BCUT2D eigenvalue weighted by atomic mass is 32.2. The molecule has 0 spiro atoms. The average Bonchev–Trinajstić information content (AvgIpc) is 3.70. The fourth-order valence-corrected chi connectivity index (χ4v) is 6.33. The smallest absolute Gasteiger partial charge is 0.314 e. The highest BCUT2D eigenvalue weighted by molar-refractivity contribution is 7.88. The largest absolute Gasteiger partial charge is 0.466 e. The number of nitrogens with zero attached hydrogens (tertiary/aromatic N) is 2. The lowest BCUT2D eigenvalue weighted by atomic mass is 9.84. The molecule has 11 heteroatoms. The molecule has 1 aliphatic heterocycles. The van der Waals surface area contributed by atoms with Gasteiger partial charge in [0.1, 0.15) is 11.9 Å². The lowest BCUT2D eigenvalue weighted by Gasteiger charge is -2.33. The number of aliphatic hydroxyl groups excluding tert-OH is 1. The lowest BCUT2D eigenvalue weighted by Crippen LogP contribution is -2.49. The molecule has 224 valence electrons. The Morgan fingerprint density at radius 3 is 2.46 bits per heavy atom. The number of esters is 1. The van der Waals surface area contributed by atoms with E-state index in [0.717, 1.165) is 30.2 Å². The summed E-state index contributed by atoms with van der Waals surface area (Å²) in [6.07, 6.45) is 3.71. The Balaban J connectivity index is 1.70. The van der Waals surface area contributed by atoms with E-state index in [2.05, 4.69) is 5.32 Å². The van der Waals surface area contributed by atoms with Gasteiger partial charge >= 0.3 is 5.97 Å². The summed E-state index contributed by atoms with van der Waals surface area (Å²) < 4.78 is 38.8. The lowest BCUT2D eigenvalue weighted by molar-refractivity contribution is -0.160. The van der Waals surface area contributed by atoms with E-state index in [9.17, 15) is 23.1 Å². The minimum absolute atomic E-state index is 0.100. The first-order chi connectivity index (χ1) is 19.3. The summed E-state index contributed by atoms with van der Waals surface area (Å²) in [7, 11) is -2.16. The van der Waals surface area contributed by atoms with Crippen molar-refractivity contribution in [1.82, 2.24) is 9.62 Å². The Bertz CT molecular complexity index is 1510. The number of furan rings is 1. The van der Waals surface area contributed by atoms with Gasteiger partial charge in [-0.1, -0.05) is 35.9 Å². The Morgan fingerprint density at radius 2 is 1.90 bits per heavy atom.